The van der Waals surface area contributed by atoms with Crippen LogP contribution in [0.4, 0.5) is 0 Å². The van der Waals surface area contributed by atoms with Crippen molar-refractivity contribution in [2.75, 3.05) is 0 Å². The van der Waals surface area contributed by atoms with Gasteiger partial charge >= 0.3 is 0 Å². The molecule has 0 amide bonds. The van der Waals surface area contributed by atoms with E-state index in [0.717, 1.165) is 12.8 Å². The second-order valence-corrected chi connectivity index (χ2v) is 2.77. The zero-order valence-corrected chi connectivity index (χ0v) is 7.72. The summed E-state index contributed by atoms with van der Waals surface area (Å²) >= 11 is 0. The summed E-state index contributed by atoms with van der Waals surface area (Å²) in [4.78, 5) is 0. The predicted molar refractivity (Wildman–Crippen MR) is 47.9 cm³/mol. The van der Waals surface area contributed by atoms with Gasteiger partial charge in [0.1, 0.15) is 0 Å². The Labute approximate surface area is 65.0 Å². The highest BCUT2D eigenvalue weighted by atomic mass is 14.6. The van der Waals surface area contributed by atoms with Crippen molar-refractivity contribution in [2.24, 2.45) is 11.5 Å². The fourth-order valence-corrected chi connectivity index (χ4v) is 0. The molecule has 0 bridgehead atoms. The molecule has 4 N–H and O–H groups in total. The molecule has 0 spiro atoms. The number of hydrogen-bond donors (Lipinski definition) is 2. The van der Waals surface area contributed by atoms with Gasteiger partial charge in [0.05, 0.1) is 0 Å². The minimum atomic E-state index is 0.384. The van der Waals surface area contributed by atoms with Crippen molar-refractivity contribution in [1.29, 1.82) is 0 Å². The monoisotopic (exact) mass is 146 g/mol. The maximum absolute atomic E-state index is 5.29. The highest BCUT2D eigenvalue weighted by Crippen LogP contribution is 1.77. The summed E-state index contributed by atoms with van der Waals surface area (Å²) in [6.07, 6.45) is 2.17. The molecule has 0 aromatic carbocycles. The van der Waals surface area contributed by atoms with Gasteiger partial charge in [-0.3, -0.25) is 0 Å². The Kier molecular flexibility index (Phi) is 11.2. The van der Waals surface area contributed by atoms with E-state index in [4.69, 9.17) is 11.5 Å². The standard InChI is InChI=1S/2C4H11N/c2*1-3-4(2)5/h2*4H,3,5H2,1-2H3/t4-;/m1./s1. The van der Waals surface area contributed by atoms with E-state index in [9.17, 15) is 0 Å². The van der Waals surface area contributed by atoms with Crippen molar-refractivity contribution < 1.29 is 0 Å². The van der Waals surface area contributed by atoms with Crippen molar-refractivity contribution in [1.82, 2.24) is 0 Å². The molecule has 0 radical (unpaired) electrons. The van der Waals surface area contributed by atoms with Gasteiger partial charge in [-0.15, -0.1) is 0 Å². The van der Waals surface area contributed by atoms with Gasteiger partial charge in [0.25, 0.3) is 0 Å². The van der Waals surface area contributed by atoms with Crippen LogP contribution in [0.25, 0.3) is 0 Å². The molecule has 0 saturated carbocycles. The molecule has 2 atom stereocenters. The van der Waals surface area contributed by atoms with Crippen LogP contribution in [-0.2, 0) is 0 Å². The van der Waals surface area contributed by atoms with Crippen LogP contribution in [-0.4, -0.2) is 12.1 Å². The molecule has 0 aliphatic carbocycles. The zero-order valence-electron chi connectivity index (χ0n) is 7.72. The molecule has 0 aliphatic rings. The van der Waals surface area contributed by atoms with Gasteiger partial charge in [-0.1, -0.05) is 13.8 Å². The summed E-state index contributed by atoms with van der Waals surface area (Å²) < 4.78 is 0. The fraction of sp³-hybridized carbons (Fsp3) is 1.00. The van der Waals surface area contributed by atoms with Gasteiger partial charge < -0.3 is 11.5 Å². The molecule has 0 saturated heterocycles. The maximum atomic E-state index is 5.29. The Bertz CT molecular complexity index is 43.2. The summed E-state index contributed by atoms with van der Waals surface area (Å²) in [7, 11) is 0. The van der Waals surface area contributed by atoms with Gasteiger partial charge in [0.2, 0.25) is 0 Å². The third-order valence-corrected chi connectivity index (χ3v) is 1.29. The van der Waals surface area contributed by atoms with E-state index in [1.807, 2.05) is 13.8 Å². The Balaban J connectivity index is 0. The molecule has 10 heavy (non-hydrogen) atoms. The topological polar surface area (TPSA) is 52.0 Å². The predicted octanol–water partition coefficient (Wildman–Crippen LogP) is 1.49. The Morgan fingerprint density at radius 3 is 1.00 bits per heavy atom. The van der Waals surface area contributed by atoms with Crippen molar-refractivity contribution >= 4 is 0 Å². The molecule has 2 heteroatoms. The van der Waals surface area contributed by atoms with Crippen LogP contribution >= 0.6 is 0 Å². The van der Waals surface area contributed by atoms with Crippen LogP contribution < -0.4 is 11.5 Å². The first-order valence-corrected chi connectivity index (χ1v) is 4.05. The molecule has 0 aromatic rings. The molecule has 0 rings (SSSR count). The number of hydrogen-bond acceptors (Lipinski definition) is 2. The van der Waals surface area contributed by atoms with Crippen molar-refractivity contribution in [2.45, 2.75) is 52.6 Å². The first-order valence-electron chi connectivity index (χ1n) is 4.05. The van der Waals surface area contributed by atoms with E-state index in [2.05, 4.69) is 13.8 Å². The molecule has 0 aliphatic heterocycles. The highest BCUT2D eigenvalue weighted by Gasteiger charge is 1.80. The molecule has 0 heterocycles. The second-order valence-electron chi connectivity index (χ2n) is 2.77. The Hall–Kier alpha value is -0.0800. The molecule has 64 valence electrons. The Morgan fingerprint density at radius 2 is 1.00 bits per heavy atom. The first kappa shape index (κ1) is 12.6. The summed E-state index contributed by atoms with van der Waals surface area (Å²) in [5.74, 6) is 0. The minimum Gasteiger partial charge on any atom is -0.328 e. The molecule has 0 fully saturated rings. The molecular weight excluding hydrogens is 124 g/mol. The third-order valence-electron chi connectivity index (χ3n) is 1.29. The molecule has 2 nitrogen and oxygen atoms in total. The average Bonchev–Trinajstić information content (AvgIpc) is 1.89. The van der Waals surface area contributed by atoms with E-state index in [-0.39, 0.29) is 0 Å². The highest BCUT2D eigenvalue weighted by molar-refractivity contribution is 4.43. The van der Waals surface area contributed by atoms with E-state index in [0.29, 0.717) is 12.1 Å². The third kappa shape index (κ3) is 24.7. The zero-order chi connectivity index (χ0) is 8.57. The van der Waals surface area contributed by atoms with Crippen LogP contribution in [0.5, 0.6) is 0 Å². The molecular formula is C8H22N2. The van der Waals surface area contributed by atoms with E-state index < -0.39 is 0 Å². The van der Waals surface area contributed by atoms with Crippen LogP contribution in [0.3, 0.4) is 0 Å². The second kappa shape index (κ2) is 8.92. The van der Waals surface area contributed by atoms with Gasteiger partial charge in [-0.2, -0.15) is 0 Å². The van der Waals surface area contributed by atoms with Gasteiger partial charge in [-0.05, 0) is 26.7 Å². The smallest absolute Gasteiger partial charge is 0.000781 e. The van der Waals surface area contributed by atoms with E-state index in [1.54, 1.807) is 0 Å². The quantitative estimate of drug-likeness (QED) is 0.620. The van der Waals surface area contributed by atoms with E-state index >= 15 is 0 Å². The van der Waals surface area contributed by atoms with Crippen LogP contribution in [0.15, 0.2) is 0 Å². The van der Waals surface area contributed by atoms with Crippen molar-refractivity contribution in [3.63, 3.8) is 0 Å². The van der Waals surface area contributed by atoms with Crippen LogP contribution in [0, 0.1) is 0 Å². The summed E-state index contributed by atoms with van der Waals surface area (Å²) in [5.41, 5.74) is 10.6. The van der Waals surface area contributed by atoms with Gasteiger partial charge in [-0.25, -0.2) is 0 Å². The summed E-state index contributed by atoms with van der Waals surface area (Å²) in [5, 5.41) is 0. The number of nitrogens with two attached hydrogens (primary N) is 2. The van der Waals surface area contributed by atoms with E-state index in [1.165, 1.54) is 0 Å². The van der Waals surface area contributed by atoms with Crippen LogP contribution in [0.2, 0.25) is 0 Å². The lowest BCUT2D eigenvalue weighted by Crippen LogP contribution is -2.11. The first-order chi connectivity index (χ1) is 4.54. The Morgan fingerprint density at radius 1 is 0.900 bits per heavy atom. The van der Waals surface area contributed by atoms with Gasteiger partial charge in [0, 0.05) is 12.1 Å². The lowest BCUT2D eigenvalue weighted by atomic mass is 10.3. The normalized spacial score (nSPS) is 15.0. The van der Waals surface area contributed by atoms with Crippen molar-refractivity contribution in [3.8, 4) is 0 Å². The fourth-order valence-electron chi connectivity index (χ4n) is 0. The summed E-state index contributed by atoms with van der Waals surface area (Å²) in [6.45, 7) is 8.15. The largest absolute Gasteiger partial charge is 0.328 e. The average molecular weight is 146 g/mol. The maximum Gasteiger partial charge on any atom is 0.000781 e. The van der Waals surface area contributed by atoms with Crippen LogP contribution in [0.1, 0.15) is 40.5 Å². The van der Waals surface area contributed by atoms with Gasteiger partial charge in [0.15, 0.2) is 0 Å². The molecule has 0 aromatic heterocycles. The molecule has 1 unspecified atom stereocenters. The SMILES string of the molecule is CCC(C)N.CC[C@@H](C)N. The summed E-state index contributed by atoms with van der Waals surface area (Å²) in [6, 6.07) is 0.769. The lowest BCUT2D eigenvalue weighted by molar-refractivity contribution is 0.714. The lowest BCUT2D eigenvalue weighted by Gasteiger charge is -1.91. The van der Waals surface area contributed by atoms with Crippen molar-refractivity contribution in [3.05, 3.63) is 0 Å². The number of rotatable bonds is 2. The minimum absolute atomic E-state index is 0.384.